The number of carbonyl (C=O) groups excluding carboxylic acids is 2. The zero-order chi connectivity index (χ0) is 30.5. The van der Waals surface area contributed by atoms with Gasteiger partial charge in [-0.25, -0.2) is 12.8 Å². The van der Waals surface area contributed by atoms with Crippen molar-refractivity contribution >= 4 is 27.5 Å². The maximum Gasteiger partial charge on any atom is 0.264 e. The van der Waals surface area contributed by atoms with Gasteiger partial charge in [0.1, 0.15) is 31.6 Å². The molecule has 0 saturated heterocycles. The number of nitrogens with zero attached hydrogens (tertiary/aromatic N) is 2. The third-order valence-corrected chi connectivity index (χ3v) is 8.36. The van der Waals surface area contributed by atoms with E-state index in [0.29, 0.717) is 30.3 Å². The van der Waals surface area contributed by atoms with Gasteiger partial charge in [0, 0.05) is 18.2 Å². The Labute approximate surface area is 246 Å². The number of fused-ring (bicyclic) bond motifs is 1. The Bertz CT molecular complexity index is 1510. The van der Waals surface area contributed by atoms with Crippen molar-refractivity contribution in [2.75, 3.05) is 24.1 Å². The number of halogens is 1. The smallest absolute Gasteiger partial charge is 0.264 e. The quantitative estimate of drug-likeness (QED) is 0.369. The van der Waals surface area contributed by atoms with Gasteiger partial charge < -0.3 is 19.7 Å². The number of nitrogens with one attached hydrogen (secondary N) is 1. The van der Waals surface area contributed by atoms with Crippen molar-refractivity contribution in [2.24, 2.45) is 0 Å². The summed E-state index contributed by atoms with van der Waals surface area (Å²) < 4.78 is 53.9. The molecule has 224 valence electrons. The molecule has 3 aromatic rings. The molecule has 1 aliphatic heterocycles. The Kier molecular flexibility index (Phi) is 9.40. The molecule has 0 aromatic heterocycles. The minimum absolute atomic E-state index is 0.00436. The van der Waals surface area contributed by atoms with Crippen molar-refractivity contribution in [3.8, 4) is 11.5 Å². The number of sulfonamides is 1. The Morgan fingerprint density at radius 1 is 0.952 bits per heavy atom. The first-order chi connectivity index (χ1) is 19.9. The van der Waals surface area contributed by atoms with Crippen LogP contribution in [0.15, 0.2) is 77.7 Å². The molecule has 0 radical (unpaired) electrons. The van der Waals surface area contributed by atoms with Crippen LogP contribution in [-0.2, 0) is 26.2 Å². The predicted octanol–water partition coefficient (Wildman–Crippen LogP) is 4.51. The van der Waals surface area contributed by atoms with Crippen LogP contribution in [0.3, 0.4) is 0 Å². The third-order valence-electron chi connectivity index (χ3n) is 6.57. The maximum atomic E-state index is 14.1. The van der Waals surface area contributed by atoms with Crippen LogP contribution < -0.4 is 19.1 Å². The highest BCUT2D eigenvalue weighted by Gasteiger charge is 2.35. The van der Waals surface area contributed by atoms with Crippen LogP contribution in [-0.4, -0.2) is 56.5 Å². The first kappa shape index (κ1) is 30.8. The molecule has 0 saturated carbocycles. The summed E-state index contributed by atoms with van der Waals surface area (Å²) in [6.45, 7) is 7.31. The molecular formula is C31H36FN3O6S. The van der Waals surface area contributed by atoms with Gasteiger partial charge in [-0.05, 0) is 69.2 Å². The fourth-order valence-corrected chi connectivity index (χ4v) is 6.02. The summed E-state index contributed by atoms with van der Waals surface area (Å²) in [6, 6.07) is 17.2. The van der Waals surface area contributed by atoms with Crippen LogP contribution in [0.4, 0.5) is 10.1 Å². The number of carbonyl (C=O) groups is 2. The van der Waals surface area contributed by atoms with Crippen LogP contribution in [0.5, 0.6) is 11.5 Å². The summed E-state index contributed by atoms with van der Waals surface area (Å²) in [5, 5.41) is 2.92. The van der Waals surface area contributed by atoms with E-state index in [1.165, 1.54) is 47.4 Å². The summed E-state index contributed by atoms with van der Waals surface area (Å²) in [5.74, 6) is -0.593. The predicted molar refractivity (Wildman–Crippen MR) is 157 cm³/mol. The molecule has 0 spiro atoms. The minimum Gasteiger partial charge on any atom is -0.486 e. The standard InChI is InChI=1S/C31H36FN3O6S/c1-5-26(30(37)33-31(2,3)4)34(20-22-11-13-23(32)14-12-22)29(36)21-35(42(38,39)25-9-7-6-8-10-25)24-15-16-27-28(19-24)41-18-17-40-27/h6-16,19,26H,5,17-18,20-21H2,1-4H3,(H,33,37). The zero-order valence-electron chi connectivity index (χ0n) is 24.2. The van der Waals surface area contributed by atoms with E-state index in [2.05, 4.69) is 5.32 Å². The van der Waals surface area contributed by atoms with E-state index in [0.717, 1.165) is 4.31 Å². The summed E-state index contributed by atoms with van der Waals surface area (Å²) in [6.07, 6.45) is 0.268. The SMILES string of the molecule is CCC(C(=O)NC(C)(C)C)N(Cc1ccc(F)cc1)C(=O)CN(c1ccc2c(c1)OCCO2)S(=O)(=O)c1ccccc1. The lowest BCUT2D eigenvalue weighted by Crippen LogP contribution is -2.55. The van der Waals surface area contributed by atoms with Crippen LogP contribution in [0.1, 0.15) is 39.7 Å². The summed E-state index contributed by atoms with van der Waals surface area (Å²) in [7, 11) is -4.23. The number of hydrogen-bond acceptors (Lipinski definition) is 6. The van der Waals surface area contributed by atoms with Gasteiger partial charge in [-0.1, -0.05) is 37.3 Å². The molecule has 0 bridgehead atoms. The van der Waals surface area contributed by atoms with Crippen molar-refractivity contribution in [2.45, 2.75) is 57.1 Å². The number of rotatable bonds is 10. The molecular weight excluding hydrogens is 561 g/mol. The molecule has 4 rings (SSSR count). The largest absolute Gasteiger partial charge is 0.486 e. The van der Waals surface area contributed by atoms with Gasteiger partial charge in [-0.3, -0.25) is 13.9 Å². The fraction of sp³-hybridized carbons (Fsp3) is 0.355. The average Bonchev–Trinajstić information content (AvgIpc) is 2.96. The third kappa shape index (κ3) is 7.39. The number of anilines is 1. The van der Waals surface area contributed by atoms with Crippen molar-refractivity contribution in [1.82, 2.24) is 10.2 Å². The highest BCUT2D eigenvalue weighted by Crippen LogP contribution is 2.36. The summed E-state index contributed by atoms with van der Waals surface area (Å²) in [4.78, 5) is 28.9. The van der Waals surface area contributed by atoms with Crippen LogP contribution in [0.25, 0.3) is 0 Å². The first-order valence-electron chi connectivity index (χ1n) is 13.7. The van der Waals surface area contributed by atoms with Crippen LogP contribution in [0, 0.1) is 5.82 Å². The normalized spacial score (nSPS) is 13.6. The second-order valence-electron chi connectivity index (χ2n) is 11.0. The van der Waals surface area contributed by atoms with Gasteiger partial charge >= 0.3 is 0 Å². The van der Waals surface area contributed by atoms with Gasteiger partial charge in [-0.15, -0.1) is 0 Å². The fourth-order valence-electron chi connectivity index (χ4n) is 4.59. The van der Waals surface area contributed by atoms with E-state index in [1.807, 2.05) is 20.8 Å². The average molecular weight is 598 g/mol. The molecule has 11 heteroatoms. The van der Waals surface area contributed by atoms with E-state index in [-0.39, 0.29) is 29.5 Å². The maximum absolute atomic E-state index is 14.1. The molecule has 0 aliphatic carbocycles. The molecule has 1 N–H and O–H groups in total. The lowest BCUT2D eigenvalue weighted by molar-refractivity contribution is -0.141. The number of amides is 2. The lowest BCUT2D eigenvalue weighted by Gasteiger charge is -2.35. The molecule has 42 heavy (non-hydrogen) atoms. The topological polar surface area (TPSA) is 105 Å². The summed E-state index contributed by atoms with van der Waals surface area (Å²) in [5.41, 5.74) is 0.220. The van der Waals surface area contributed by atoms with Crippen molar-refractivity contribution < 1.29 is 31.9 Å². The minimum atomic E-state index is -4.23. The molecule has 9 nitrogen and oxygen atoms in total. The van der Waals surface area contributed by atoms with Crippen LogP contribution in [0.2, 0.25) is 0 Å². The van der Waals surface area contributed by atoms with E-state index in [4.69, 9.17) is 9.47 Å². The van der Waals surface area contributed by atoms with E-state index < -0.39 is 39.9 Å². The van der Waals surface area contributed by atoms with Gasteiger partial charge in [-0.2, -0.15) is 0 Å². The van der Waals surface area contributed by atoms with E-state index in [1.54, 1.807) is 37.3 Å². The van der Waals surface area contributed by atoms with Gasteiger partial charge in [0.2, 0.25) is 11.8 Å². The molecule has 1 atom stereocenters. The Hall–Kier alpha value is -4.12. The number of ether oxygens (including phenoxy) is 2. The second-order valence-corrected chi connectivity index (χ2v) is 12.8. The second kappa shape index (κ2) is 12.8. The van der Waals surface area contributed by atoms with Gasteiger partial charge in [0.05, 0.1) is 10.6 Å². The lowest BCUT2D eigenvalue weighted by atomic mass is 10.1. The Morgan fingerprint density at radius 3 is 2.21 bits per heavy atom. The summed E-state index contributed by atoms with van der Waals surface area (Å²) >= 11 is 0. The Morgan fingerprint density at radius 2 is 1.60 bits per heavy atom. The highest BCUT2D eigenvalue weighted by molar-refractivity contribution is 7.92. The van der Waals surface area contributed by atoms with E-state index in [9.17, 15) is 22.4 Å². The van der Waals surface area contributed by atoms with Crippen molar-refractivity contribution in [1.29, 1.82) is 0 Å². The molecule has 1 aliphatic rings. The molecule has 2 amide bonds. The van der Waals surface area contributed by atoms with Gasteiger partial charge in [0.15, 0.2) is 11.5 Å². The molecule has 3 aromatic carbocycles. The first-order valence-corrected chi connectivity index (χ1v) is 15.2. The number of hydrogen-bond donors (Lipinski definition) is 1. The number of benzene rings is 3. The zero-order valence-corrected chi connectivity index (χ0v) is 25.0. The Balaban J connectivity index is 1.76. The van der Waals surface area contributed by atoms with Crippen molar-refractivity contribution in [3.63, 3.8) is 0 Å². The van der Waals surface area contributed by atoms with Crippen molar-refractivity contribution in [3.05, 3.63) is 84.2 Å². The monoisotopic (exact) mass is 597 g/mol. The molecule has 0 fully saturated rings. The highest BCUT2D eigenvalue weighted by atomic mass is 32.2. The van der Waals surface area contributed by atoms with Gasteiger partial charge in [0.25, 0.3) is 10.0 Å². The molecule has 1 unspecified atom stereocenters. The van der Waals surface area contributed by atoms with E-state index >= 15 is 0 Å². The van der Waals surface area contributed by atoms with Crippen LogP contribution >= 0.6 is 0 Å². The molecule has 1 heterocycles.